The maximum atomic E-state index is 10.6. The van der Waals surface area contributed by atoms with E-state index in [1.807, 2.05) is 7.05 Å². The van der Waals surface area contributed by atoms with E-state index in [9.17, 15) is 10.1 Å². The quantitative estimate of drug-likeness (QED) is 0.612. The first-order valence-electron chi connectivity index (χ1n) is 6.56. The maximum Gasteiger partial charge on any atom is 0.287 e. The van der Waals surface area contributed by atoms with Crippen molar-refractivity contribution >= 4 is 11.5 Å². The van der Waals surface area contributed by atoms with Crippen LogP contribution in [0.5, 0.6) is 0 Å². The van der Waals surface area contributed by atoms with Crippen LogP contribution in [0.1, 0.15) is 12.8 Å². The van der Waals surface area contributed by atoms with Crippen molar-refractivity contribution in [3.63, 3.8) is 0 Å². The number of likely N-dealkylation sites (tertiary alicyclic amines) is 1. The molecular formula is C13H20N4O2. The minimum absolute atomic E-state index is 0.0384. The van der Waals surface area contributed by atoms with Gasteiger partial charge in [-0.05, 0) is 45.0 Å². The van der Waals surface area contributed by atoms with Gasteiger partial charge in [0.2, 0.25) is 0 Å². The molecule has 0 unspecified atom stereocenters. The van der Waals surface area contributed by atoms with Gasteiger partial charge in [0.25, 0.3) is 5.69 Å². The minimum atomic E-state index is -0.423. The van der Waals surface area contributed by atoms with Crippen LogP contribution in [0.15, 0.2) is 18.3 Å². The highest BCUT2D eigenvalue weighted by atomic mass is 16.6. The third-order valence-corrected chi connectivity index (χ3v) is 3.70. The molecule has 0 saturated carbocycles. The molecule has 1 aliphatic heterocycles. The molecule has 104 valence electrons. The predicted molar refractivity (Wildman–Crippen MR) is 74.4 cm³/mol. The number of piperidine rings is 1. The van der Waals surface area contributed by atoms with E-state index in [2.05, 4.69) is 21.8 Å². The number of hydrogen-bond acceptors (Lipinski definition) is 5. The van der Waals surface area contributed by atoms with Gasteiger partial charge in [0.05, 0.1) is 4.92 Å². The Morgan fingerprint density at radius 3 is 2.68 bits per heavy atom. The van der Waals surface area contributed by atoms with Crippen molar-refractivity contribution in [1.29, 1.82) is 0 Å². The van der Waals surface area contributed by atoms with Crippen LogP contribution >= 0.6 is 0 Å². The van der Waals surface area contributed by atoms with Crippen LogP contribution in [0.4, 0.5) is 11.5 Å². The molecule has 0 N–H and O–H groups in total. The highest BCUT2D eigenvalue weighted by Crippen LogP contribution is 2.20. The molecule has 1 saturated heterocycles. The largest absolute Gasteiger partial charge is 0.359 e. The molecule has 0 aliphatic carbocycles. The number of aromatic nitrogens is 1. The van der Waals surface area contributed by atoms with Crippen molar-refractivity contribution in [3.05, 3.63) is 28.4 Å². The molecule has 2 rings (SSSR count). The average molecular weight is 264 g/mol. The molecular weight excluding hydrogens is 244 g/mol. The van der Waals surface area contributed by atoms with E-state index in [-0.39, 0.29) is 5.69 Å². The molecule has 6 nitrogen and oxygen atoms in total. The Morgan fingerprint density at radius 1 is 1.47 bits per heavy atom. The van der Waals surface area contributed by atoms with E-state index in [4.69, 9.17) is 0 Å². The summed E-state index contributed by atoms with van der Waals surface area (Å²) in [7, 11) is 4.14. The summed E-state index contributed by atoms with van der Waals surface area (Å²) in [6.07, 6.45) is 3.72. The Hall–Kier alpha value is -1.69. The molecule has 6 heteroatoms. The van der Waals surface area contributed by atoms with Gasteiger partial charge < -0.3 is 9.80 Å². The summed E-state index contributed by atoms with van der Waals surface area (Å²) in [5.41, 5.74) is 0.0384. The van der Waals surface area contributed by atoms with Crippen LogP contribution in [0.25, 0.3) is 0 Å². The fraction of sp³-hybridized carbons (Fsp3) is 0.615. The summed E-state index contributed by atoms with van der Waals surface area (Å²) in [5, 5.41) is 10.6. The van der Waals surface area contributed by atoms with E-state index in [1.165, 1.54) is 25.1 Å². The number of anilines is 1. The van der Waals surface area contributed by atoms with Crippen molar-refractivity contribution in [2.45, 2.75) is 12.8 Å². The van der Waals surface area contributed by atoms with Crippen LogP contribution in [-0.4, -0.2) is 48.5 Å². The third-order valence-electron chi connectivity index (χ3n) is 3.70. The Morgan fingerprint density at radius 2 is 2.16 bits per heavy atom. The predicted octanol–water partition coefficient (Wildman–Crippen LogP) is 1.77. The smallest absolute Gasteiger partial charge is 0.287 e. The summed E-state index contributed by atoms with van der Waals surface area (Å²) < 4.78 is 0. The number of nitro groups is 1. The summed E-state index contributed by atoms with van der Waals surface area (Å²) in [5.74, 6) is 1.47. The number of nitrogens with zero attached hydrogens (tertiary/aromatic N) is 4. The van der Waals surface area contributed by atoms with Gasteiger partial charge in [-0.2, -0.15) is 0 Å². The topological polar surface area (TPSA) is 62.5 Å². The van der Waals surface area contributed by atoms with Crippen molar-refractivity contribution in [2.24, 2.45) is 5.92 Å². The van der Waals surface area contributed by atoms with Crippen molar-refractivity contribution < 1.29 is 4.92 Å². The van der Waals surface area contributed by atoms with Gasteiger partial charge in [-0.25, -0.2) is 4.98 Å². The molecule has 19 heavy (non-hydrogen) atoms. The van der Waals surface area contributed by atoms with E-state index in [0.717, 1.165) is 25.5 Å². The van der Waals surface area contributed by atoms with Gasteiger partial charge in [0, 0.05) is 19.7 Å². The number of pyridine rings is 1. The zero-order valence-corrected chi connectivity index (χ0v) is 11.5. The average Bonchev–Trinajstić information content (AvgIpc) is 2.41. The minimum Gasteiger partial charge on any atom is -0.359 e. The zero-order chi connectivity index (χ0) is 13.8. The van der Waals surface area contributed by atoms with E-state index in [0.29, 0.717) is 5.92 Å². The van der Waals surface area contributed by atoms with Gasteiger partial charge >= 0.3 is 0 Å². The Labute approximate surface area is 113 Å². The van der Waals surface area contributed by atoms with Gasteiger partial charge in [-0.3, -0.25) is 10.1 Å². The molecule has 0 bridgehead atoms. The van der Waals surface area contributed by atoms with Crippen molar-refractivity contribution in [2.75, 3.05) is 38.6 Å². The lowest BCUT2D eigenvalue weighted by Gasteiger charge is -2.32. The molecule has 1 fully saturated rings. The lowest BCUT2D eigenvalue weighted by Crippen LogP contribution is -2.35. The van der Waals surface area contributed by atoms with Gasteiger partial charge in [0.1, 0.15) is 12.0 Å². The fourth-order valence-electron chi connectivity index (χ4n) is 2.44. The monoisotopic (exact) mass is 264 g/mol. The van der Waals surface area contributed by atoms with Gasteiger partial charge in [-0.15, -0.1) is 0 Å². The van der Waals surface area contributed by atoms with Crippen LogP contribution in [0.3, 0.4) is 0 Å². The van der Waals surface area contributed by atoms with Gasteiger partial charge in [0.15, 0.2) is 0 Å². The number of rotatable bonds is 4. The second kappa shape index (κ2) is 5.97. The van der Waals surface area contributed by atoms with E-state index >= 15 is 0 Å². The maximum absolute atomic E-state index is 10.6. The molecule has 1 aromatic heterocycles. The van der Waals surface area contributed by atoms with Gasteiger partial charge in [-0.1, -0.05) is 0 Å². The summed E-state index contributed by atoms with van der Waals surface area (Å²) in [6, 6.07) is 3.22. The second-order valence-corrected chi connectivity index (χ2v) is 5.26. The van der Waals surface area contributed by atoms with E-state index in [1.54, 1.807) is 6.07 Å². The highest BCUT2D eigenvalue weighted by molar-refractivity contribution is 5.42. The Bertz CT molecular complexity index is 427. The molecule has 0 aromatic carbocycles. The Kier molecular flexibility index (Phi) is 4.31. The first-order chi connectivity index (χ1) is 9.06. The summed E-state index contributed by atoms with van der Waals surface area (Å²) in [6.45, 7) is 3.25. The molecule has 2 heterocycles. The lowest BCUT2D eigenvalue weighted by atomic mass is 9.97. The number of hydrogen-bond donors (Lipinski definition) is 0. The van der Waals surface area contributed by atoms with Crippen LogP contribution in [0, 0.1) is 16.0 Å². The van der Waals surface area contributed by atoms with Crippen LogP contribution in [0.2, 0.25) is 0 Å². The SMILES string of the molecule is CN1CCC(CN(C)c2ccc([N+](=O)[O-])cn2)CC1. The molecule has 0 atom stereocenters. The lowest BCUT2D eigenvalue weighted by molar-refractivity contribution is -0.385. The van der Waals surface area contributed by atoms with Crippen molar-refractivity contribution in [1.82, 2.24) is 9.88 Å². The van der Waals surface area contributed by atoms with E-state index < -0.39 is 4.92 Å². The molecule has 0 radical (unpaired) electrons. The first-order valence-corrected chi connectivity index (χ1v) is 6.56. The van der Waals surface area contributed by atoms with Crippen LogP contribution in [-0.2, 0) is 0 Å². The summed E-state index contributed by atoms with van der Waals surface area (Å²) in [4.78, 5) is 18.7. The Balaban J connectivity index is 1.92. The molecule has 1 aromatic rings. The molecule has 0 spiro atoms. The zero-order valence-electron chi connectivity index (χ0n) is 11.5. The second-order valence-electron chi connectivity index (χ2n) is 5.26. The molecule has 0 amide bonds. The standard InChI is InChI=1S/C13H20N4O2/c1-15-7-5-11(6-8-15)10-16(2)13-4-3-12(9-14-13)17(18)19/h3-4,9,11H,5-8,10H2,1-2H3. The molecule has 1 aliphatic rings. The van der Waals surface area contributed by atoms with Crippen LogP contribution < -0.4 is 4.90 Å². The normalized spacial score (nSPS) is 17.4. The highest BCUT2D eigenvalue weighted by Gasteiger charge is 2.19. The first kappa shape index (κ1) is 13.7. The fourth-order valence-corrected chi connectivity index (χ4v) is 2.44. The third kappa shape index (κ3) is 3.64. The summed E-state index contributed by atoms with van der Waals surface area (Å²) >= 11 is 0. The van der Waals surface area contributed by atoms with Crippen molar-refractivity contribution in [3.8, 4) is 0 Å².